The number of hydrogen-bond donors (Lipinski definition) is 1. The molecule has 2 aliphatic rings. The predicted molar refractivity (Wildman–Crippen MR) is 131 cm³/mol. The number of fused-ring (bicyclic) bond motifs is 2. The highest BCUT2D eigenvalue weighted by Crippen LogP contribution is 2.37. The largest absolute Gasteiger partial charge is 0.418 e. The highest BCUT2D eigenvalue weighted by molar-refractivity contribution is 5.84. The SMILES string of the molecule is CC(C)/N=c1\cc2n(-c3ccccc3C(F)(F)F)c3ccccc3nc-2cc1Nc1cccnc1. The summed E-state index contributed by atoms with van der Waals surface area (Å²) in [5, 5.41) is 3.94. The number of alkyl halides is 3. The molecule has 5 rings (SSSR count). The van der Waals surface area contributed by atoms with Crippen LogP contribution in [0.2, 0.25) is 0 Å². The zero-order valence-electron chi connectivity index (χ0n) is 19.1. The molecule has 1 aliphatic heterocycles. The lowest BCUT2D eigenvalue weighted by atomic mass is 10.1. The maximum absolute atomic E-state index is 14.0. The number of rotatable bonds is 4. The van der Waals surface area contributed by atoms with E-state index >= 15 is 0 Å². The van der Waals surface area contributed by atoms with Crippen molar-refractivity contribution in [1.29, 1.82) is 0 Å². The lowest BCUT2D eigenvalue weighted by Crippen LogP contribution is -2.18. The normalized spacial score (nSPS) is 12.6. The minimum Gasteiger partial charge on any atom is -0.352 e. The maximum atomic E-state index is 14.0. The van der Waals surface area contributed by atoms with Gasteiger partial charge in [0.2, 0.25) is 0 Å². The van der Waals surface area contributed by atoms with Crippen LogP contribution in [0.1, 0.15) is 19.4 Å². The van der Waals surface area contributed by atoms with Crippen molar-refractivity contribution in [1.82, 2.24) is 14.5 Å². The molecule has 0 radical (unpaired) electrons. The molecule has 0 saturated heterocycles. The lowest BCUT2D eigenvalue weighted by Gasteiger charge is -2.23. The molecule has 1 aromatic heterocycles. The Morgan fingerprint density at radius 3 is 2.46 bits per heavy atom. The van der Waals surface area contributed by atoms with Crippen LogP contribution in [0.5, 0.6) is 0 Å². The summed E-state index contributed by atoms with van der Waals surface area (Å²) in [4.78, 5) is 13.7. The fraction of sp³-hybridized carbons (Fsp3) is 0.148. The number of nitrogens with one attached hydrogen (secondary N) is 1. The zero-order chi connectivity index (χ0) is 24.6. The Kier molecular flexibility index (Phi) is 5.72. The smallest absolute Gasteiger partial charge is 0.352 e. The van der Waals surface area contributed by atoms with E-state index in [1.165, 1.54) is 12.1 Å². The highest BCUT2D eigenvalue weighted by atomic mass is 19.4. The molecule has 0 fully saturated rings. The molecule has 1 aliphatic carbocycles. The Hall–Kier alpha value is -4.20. The second kappa shape index (κ2) is 8.87. The van der Waals surface area contributed by atoms with Gasteiger partial charge in [0.25, 0.3) is 0 Å². The molecule has 176 valence electrons. The van der Waals surface area contributed by atoms with Crippen LogP contribution in [-0.2, 0) is 6.18 Å². The van der Waals surface area contributed by atoms with E-state index in [0.29, 0.717) is 33.5 Å². The summed E-state index contributed by atoms with van der Waals surface area (Å²) in [6.45, 7) is 3.90. The van der Waals surface area contributed by atoms with Gasteiger partial charge in [-0.15, -0.1) is 0 Å². The quantitative estimate of drug-likeness (QED) is 0.299. The average molecular weight is 474 g/mol. The number of aromatic nitrogens is 3. The van der Waals surface area contributed by atoms with E-state index in [9.17, 15) is 13.2 Å². The van der Waals surface area contributed by atoms with Crippen molar-refractivity contribution in [3.63, 3.8) is 0 Å². The number of nitrogens with zero attached hydrogens (tertiary/aromatic N) is 4. The average Bonchev–Trinajstić information content (AvgIpc) is 2.83. The van der Waals surface area contributed by atoms with Gasteiger partial charge in [-0.2, -0.15) is 13.2 Å². The molecular weight excluding hydrogens is 451 g/mol. The first-order chi connectivity index (χ1) is 16.8. The van der Waals surface area contributed by atoms with Gasteiger partial charge < -0.3 is 9.88 Å². The maximum Gasteiger partial charge on any atom is 0.418 e. The summed E-state index contributed by atoms with van der Waals surface area (Å²) in [6, 6.07) is 20.0. The summed E-state index contributed by atoms with van der Waals surface area (Å²) in [7, 11) is 0. The monoisotopic (exact) mass is 473 g/mol. The van der Waals surface area contributed by atoms with Gasteiger partial charge in [-0.25, -0.2) is 4.98 Å². The Bertz CT molecular complexity index is 1540. The highest BCUT2D eigenvalue weighted by Gasteiger charge is 2.34. The predicted octanol–water partition coefficient (Wildman–Crippen LogP) is 6.60. The third kappa shape index (κ3) is 4.47. The standard InChI is InChI=1S/C27H22F3N5/c1-17(2)32-22-15-26-23(14-21(22)33-18-8-7-13-31-16-18)34-20-10-4-6-12-25(20)35(26)24-11-5-3-9-19(24)27(28,29)30/h3-17,33H,1-2H3/b32-22+. The van der Waals surface area contributed by atoms with Gasteiger partial charge in [-0.1, -0.05) is 24.3 Å². The van der Waals surface area contributed by atoms with Gasteiger partial charge in [0.05, 0.1) is 56.6 Å². The summed E-state index contributed by atoms with van der Waals surface area (Å²) in [5.41, 5.74) is 2.99. The van der Waals surface area contributed by atoms with Gasteiger partial charge in [0.15, 0.2) is 0 Å². The fourth-order valence-corrected chi connectivity index (χ4v) is 4.09. The third-order valence-electron chi connectivity index (χ3n) is 5.49. The van der Waals surface area contributed by atoms with Crippen LogP contribution >= 0.6 is 0 Å². The van der Waals surface area contributed by atoms with Crippen molar-refractivity contribution >= 4 is 22.4 Å². The van der Waals surface area contributed by atoms with Gasteiger partial charge in [0.1, 0.15) is 0 Å². The molecular formula is C27H22F3N5. The van der Waals surface area contributed by atoms with E-state index in [1.807, 2.05) is 38.1 Å². The van der Waals surface area contributed by atoms with Gasteiger partial charge in [-0.3, -0.25) is 9.98 Å². The number of pyridine rings is 1. The number of hydrogen-bond acceptors (Lipinski definition) is 4. The van der Waals surface area contributed by atoms with Crippen LogP contribution in [0.15, 0.2) is 90.2 Å². The Morgan fingerprint density at radius 2 is 1.71 bits per heavy atom. The number of halogens is 3. The van der Waals surface area contributed by atoms with Crippen LogP contribution in [-0.4, -0.2) is 20.6 Å². The van der Waals surface area contributed by atoms with Crippen LogP contribution in [0.3, 0.4) is 0 Å². The van der Waals surface area contributed by atoms with Crippen molar-refractivity contribution < 1.29 is 13.2 Å². The van der Waals surface area contributed by atoms with Crippen molar-refractivity contribution in [3.05, 3.63) is 96.1 Å². The number of para-hydroxylation sites is 3. The zero-order valence-corrected chi connectivity index (χ0v) is 19.1. The molecule has 5 nitrogen and oxygen atoms in total. The molecule has 0 bridgehead atoms. The molecule has 1 N–H and O–H groups in total. The van der Waals surface area contributed by atoms with Gasteiger partial charge >= 0.3 is 6.18 Å². The van der Waals surface area contributed by atoms with Crippen molar-refractivity contribution in [2.75, 3.05) is 5.32 Å². The summed E-state index contributed by atoms with van der Waals surface area (Å²) in [6.07, 6.45) is -1.15. The van der Waals surface area contributed by atoms with Crippen molar-refractivity contribution in [3.8, 4) is 17.1 Å². The molecule has 8 heteroatoms. The second-order valence-electron chi connectivity index (χ2n) is 8.40. The number of anilines is 2. The van der Waals surface area contributed by atoms with E-state index in [0.717, 1.165) is 11.8 Å². The Balaban J connectivity index is 1.87. The topological polar surface area (TPSA) is 55.1 Å². The fourth-order valence-electron chi connectivity index (χ4n) is 4.09. The molecule has 3 aromatic rings. The second-order valence-corrected chi connectivity index (χ2v) is 8.40. The van der Waals surface area contributed by atoms with E-state index in [1.54, 1.807) is 47.3 Å². The van der Waals surface area contributed by atoms with Crippen molar-refractivity contribution in [2.45, 2.75) is 26.1 Å². The first-order valence-electron chi connectivity index (χ1n) is 11.1. The summed E-state index contributed by atoms with van der Waals surface area (Å²) >= 11 is 0. The molecule has 0 atom stereocenters. The number of benzene rings is 3. The molecule has 2 aromatic carbocycles. The third-order valence-corrected chi connectivity index (χ3v) is 5.49. The molecule has 0 saturated carbocycles. The van der Waals surface area contributed by atoms with Crippen LogP contribution in [0, 0.1) is 0 Å². The van der Waals surface area contributed by atoms with Crippen LogP contribution in [0.25, 0.3) is 28.1 Å². The first kappa shape index (κ1) is 22.6. The minimum absolute atomic E-state index is 0.0343. The molecule has 35 heavy (non-hydrogen) atoms. The Labute approximate surface area is 200 Å². The molecule has 2 heterocycles. The lowest BCUT2D eigenvalue weighted by molar-refractivity contribution is -0.137. The molecule has 0 spiro atoms. The summed E-state index contributed by atoms with van der Waals surface area (Å²) < 4.78 is 43.7. The minimum atomic E-state index is -4.52. The van der Waals surface area contributed by atoms with Gasteiger partial charge in [0, 0.05) is 12.2 Å². The molecule has 0 amide bonds. The van der Waals surface area contributed by atoms with E-state index in [4.69, 9.17) is 9.98 Å². The first-order valence-corrected chi connectivity index (χ1v) is 11.1. The summed E-state index contributed by atoms with van der Waals surface area (Å²) in [5.74, 6) is 0. The van der Waals surface area contributed by atoms with E-state index in [-0.39, 0.29) is 11.7 Å². The van der Waals surface area contributed by atoms with E-state index < -0.39 is 11.7 Å². The molecule has 0 unspecified atom stereocenters. The van der Waals surface area contributed by atoms with Gasteiger partial charge in [-0.05, 0) is 62.4 Å². The van der Waals surface area contributed by atoms with E-state index in [2.05, 4.69) is 10.3 Å². The van der Waals surface area contributed by atoms with Crippen molar-refractivity contribution in [2.24, 2.45) is 4.99 Å². The van der Waals surface area contributed by atoms with Crippen LogP contribution < -0.4 is 10.7 Å². The Morgan fingerprint density at radius 1 is 0.943 bits per heavy atom. The van der Waals surface area contributed by atoms with Crippen LogP contribution in [0.4, 0.5) is 24.5 Å².